The standard InChI is InChI=1S/C13H27N/c1-4-7-13(8-5-2)14-10-9-12(6-3)11-14/h12-13H,4-11H2,1-3H3. The van der Waals surface area contributed by atoms with Gasteiger partial charge in [0.15, 0.2) is 0 Å². The molecular formula is C13H27N. The van der Waals surface area contributed by atoms with Crippen LogP contribution in [0, 0.1) is 5.92 Å². The van der Waals surface area contributed by atoms with E-state index in [9.17, 15) is 0 Å². The van der Waals surface area contributed by atoms with Gasteiger partial charge < -0.3 is 4.90 Å². The summed E-state index contributed by atoms with van der Waals surface area (Å²) in [5.74, 6) is 0.992. The Morgan fingerprint density at radius 2 is 1.79 bits per heavy atom. The van der Waals surface area contributed by atoms with Crippen LogP contribution in [0.2, 0.25) is 0 Å². The van der Waals surface area contributed by atoms with E-state index in [1.807, 2.05) is 0 Å². The van der Waals surface area contributed by atoms with Crippen LogP contribution in [0.25, 0.3) is 0 Å². The number of hydrogen-bond acceptors (Lipinski definition) is 1. The van der Waals surface area contributed by atoms with Crippen molar-refractivity contribution >= 4 is 0 Å². The lowest BCUT2D eigenvalue weighted by atomic mass is 10.0. The van der Waals surface area contributed by atoms with Crippen molar-refractivity contribution in [2.24, 2.45) is 5.92 Å². The van der Waals surface area contributed by atoms with Gasteiger partial charge in [0.05, 0.1) is 0 Å². The molecule has 0 bridgehead atoms. The van der Waals surface area contributed by atoms with Crippen molar-refractivity contribution in [1.29, 1.82) is 0 Å². The molecule has 1 fully saturated rings. The second kappa shape index (κ2) is 6.44. The van der Waals surface area contributed by atoms with E-state index >= 15 is 0 Å². The summed E-state index contributed by atoms with van der Waals surface area (Å²) in [6, 6.07) is 0.890. The maximum atomic E-state index is 2.75. The molecule has 1 saturated heterocycles. The minimum Gasteiger partial charge on any atom is -0.300 e. The lowest BCUT2D eigenvalue weighted by Gasteiger charge is -2.27. The van der Waals surface area contributed by atoms with Crippen LogP contribution in [0.1, 0.15) is 59.3 Å². The molecule has 1 heteroatoms. The lowest BCUT2D eigenvalue weighted by molar-refractivity contribution is 0.208. The Labute approximate surface area is 89.9 Å². The molecule has 0 aliphatic carbocycles. The van der Waals surface area contributed by atoms with Crippen LogP contribution < -0.4 is 0 Å². The zero-order valence-corrected chi connectivity index (χ0v) is 10.3. The molecule has 1 atom stereocenters. The second-order valence-corrected chi connectivity index (χ2v) is 4.79. The quantitative estimate of drug-likeness (QED) is 0.628. The topological polar surface area (TPSA) is 3.24 Å². The van der Waals surface area contributed by atoms with Crippen LogP contribution in [0.3, 0.4) is 0 Å². The smallest absolute Gasteiger partial charge is 0.00951 e. The highest BCUT2D eigenvalue weighted by Gasteiger charge is 2.25. The van der Waals surface area contributed by atoms with E-state index in [2.05, 4.69) is 25.7 Å². The number of hydrogen-bond donors (Lipinski definition) is 0. The zero-order valence-electron chi connectivity index (χ0n) is 10.3. The molecule has 0 amide bonds. The molecule has 0 aromatic carbocycles. The first-order valence-corrected chi connectivity index (χ1v) is 6.55. The first kappa shape index (κ1) is 12.0. The monoisotopic (exact) mass is 197 g/mol. The normalized spacial score (nSPS) is 23.6. The van der Waals surface area contributed by atoms with Gasteiger partial charge in [-0.05, 0) is 31.7 Å². The number of nitrogens with zero attached hydrogens (tertiary/aromatic N) is 1. The Kier molecular flexibility index (Phi) is 5.54. The van der Waals surface area contributed by atoms with Crippen molar-refractivity contribution in [3.8, 4) is 0 Å². The highest BCUT2D eigenvalue weighted by molar-refractivity contribution is 4.80. The van der Waals surface area contributed by atoms with Gasteiger partial charge in [-0.25, -0.2) is 0 Å². The third kappa shape index (κ3) is 3.27. The van der Waals surface area contributed by atoms with Crippen LogP contribution in [-0.2, 0) is 0 Å². The predicted octanol–water partition coefficient (Wildman–Crippen LogP) is 3.69. The largest absolute Gasteiger partial charge is 0.300 e. The fourth-order valence-corrected chi connectivity index (χ4v) is 2.70. The highest BCUT2D eigenvalue weighted by atomic mass is 15.2. The molecule has 1 heterocycles. The van der Waals surface area contributed by atoms with Gasteiger partial charge in [-0.15, -0.1) is 0 Å². The average Bonchev–Trinajstić information content (AvgIpc) is 2.65. The van der Waals surface area contributed by atoms with Crippen molar-refractivity contribution in [2.45, 2.75) is 65.3 Å². The summed E-state index contributed by atoms with van der Waals surface area (Å²) in [5, 5.41) is 0. The van der Waals surface area contributed by atoms with Crippen LogP contribution in [0.5, 0.6) is 0 Å². The van der Waals surface area contributed by atoms with Gasteiger partial charge in [0.2, 0.25) is 0 Å². The van der Waals surface area contributed by atoms with E-state index in [1.54, 1.807) is 0 Å². The van der Waals surface area contributed by atoms with E-state index in [0.29, 0.717) is 0 Å². The Bertz CT molecular complexity index is 138. The minimum absolute atomic E-state index is 0.890. The van der Waals surface area contributed by atoms with E-state index in [1.165, 1.54) is 51.6 Å². The molecule has 1 aliphatic heterocycles. The minimum atomic E-state index is 0.890. The zero-order chi connectivity index (χ0) is 10.4. The Morgan fingerprint density at radius 1 is 1.14 bits per heavy atom. The van der Waals surface area contributed by atoms with E-state index in [0.717, 1.165) is 12.0 Å². The summed E-state index contributed by atoms with van der Waals surface area (Å²) < 4.78 is 0. The maximum Gasteiger partial charge on any atom is 0.00951 e. The average molecular weight is 197 g/mol. The van der Waals surface area contributed by atoms with E-state index in [4.69, 9.17) is 0 Å². The van der Waals surface area contributed by atoms with Crippen molar-refractivity contribution < 1.29 is 0 Å². The summed E-state index contributed by atoms with van der Waals surface area (Å²) in [6.45, 7) is 9.71. The van der Waals surface area contributed by atoms with Crippen LogP contribution >= 0.6 is 0 Å². The summed E-state index contributed by atoms with van der Waals surface area (Å²) in [4.78, 5) is 2.75. The fraction of sp³-hybridized carbons (Fsp3) is 1.00. The van der Waals surface area contributed by atoms with Crippen LogP contribution in [0.15, 0.2) is 0 Å². The number of rotatable bonds is 6. The van der Waals surface area contributed by atoms with Crippen LogP contribution in [-0.4, -0.2) is 24.0 Å². The first-order chi connectivity index (χ1) is 6.81. The van der Waals surface area contributed by atoms with Crippen molar-refractivity contribution in [3.05, 3.63) is 0 Å². The molecule has 0 spiro atoms. The SMILES string of the molecule is CCCC(CCC)N1CCC(CC)C1. The predicted molar refractivity (Wildman–Crippen MR) is 63.6 cm³/mol. The second-order valence-electron chi connectivity index (χ2n) is 4.79. The lowest BCUT2D eigenvalue weighted by Crippen LogP contribution is -2.33. The van der Waals surface area contributed by atoms with Gasteiger partial charge in [-0.1, -0.05) is 40.0 Å². The van der Waals surface area contributed by atoms with E-state index in [-0.39, 0.29) is 0 Å². The van der Waals surface area contributed by atoms with Crippen molar-refractivity contribution in [2.75, 3.05) is 13.1 Å². The Hall–Kier alpha value is -0.0400. The Balaban J connectivity index is 2.36. The fourth-order valence-electron chi connectivity index (χ4n) is 2.70. The molecule has 0 aromatic rings. The Morgan fingerprint density at radius 3 is 2.21 bits per heavy atom. The molecule has 14 heavy (non-hydrogen) atoms. The maximum absolute atomic E-state index is 2.75. The number of likely N-dealkylation sites (tertiary alicyclic amines) is 1. The molecule has 0 aromatic heterocycles. The molecule has 1 unspecified atom stereocenters. The summed E-state index contributed by atoms with van der Waals surface area (Å²) in [6.07, 6.45) is 8.33. The van der Waals surface area contributed by atoms with Gasteiger partial charge in [-0.2, -0.15) is 0 Å². The third-order valence-electron chi connectivity index (χ3n) is 3.65. The molecule has 0 radical (unpaired) electrons. The van der Waals surface area contributed by atoms with Gasteiger partial charge in [0.25, 0.3) is 0 Å². The van der Waals surface area contributed by atoms with Crippen molar-refractivity contribution in [1.82, 2.24) is 4.90 Å². The third-order valence-corrected chi connectivity index (χ3v) is 3.65. The molecule has 0 N–H and O–H groups in total. The molecule has 1 nitrogen and oxygen atoms in total. The van der Waals surface area contributed by atoms with Crippen molar-refractivity contribution in [3.63, 3.8) is 0 Å². The van der Waals surface area contributed by atoms with Gasteiger partial charge in [0, 0.05) is 12.6 Å². The van der Waals surface area contributed by atoms with Crippen LogP contribution in [0.4, 0.5) is 0 Å². The summed E-state index contributed by atoms with van der Waals surface area (Å²) >= 11 is 0. The highest BCUT2D eigenvalue weighted by Crippen LogP contribution is 2.24. The first-order valence-electron chi connectivity index (χ1n) is 6.55. The van der Waals surface area contributed by atoms with Gasteiger partial charge in [-0.3, -0.25) is 0 Å². The molecule has 0 saturated carbocycles. The summed E-state index contributed by atoms with van der Waals surface area (Å²) in [5.41, 5.74) is 0. The van der Waals surface area contributed by atoms with Gasteiger partial charge in [0.1, 0.15) is 0 Å². The van der Waals surface area contributed by atoms with Gasteiger partial charge >= 0.3 is 0 Å². The van der Waals surface area contributed by atoms with E-state index < -0.39 is 0 Å². The molecule has 1 rings (SSSR count). The molecular weight excluding hydrogens is 170 g/mol. The molecule has 1 aliphatic rings. The summed E-state index contributed by atoms with van der Waals surface area (Å²) in [7, 11) is 0. The molecule has 84 valence electrons.